The summed E-state index contributed by atoms with van der Waals surface area (Å²) in [4.78, 5) is 0. The van der Waals surface area contributed by atoms with Crippen molar-refractivity contribution >= 4 is 23.2 Å². The molecule has 0 rings (SSSR count). The van der Waals surface area contributed by atoms with E-state index in [9.17, 15) is 0 Å². The first-order valence-corrected chi connectivity index (χ1v) is 5.72. The van der Waals surface area contributed by atoms with Gasteiger partial charge in [0.25, 0.3) is 0 Å². The highest BCUT2D eigenvalue weighted by atomic mass is 35.5. The van der Waals surface area contributed by atoms with Crippen molar-refractivity contribution < 1.29 is 0 Å². The summed E-state index contributed by atoms with van der Waals surface area (Å²) in [6, 6.07) is 0. The lowest BCUT2D eigenvalue weighted by atomic mass is 9.98. The second-order valence-corrected chi connectivity index (χ2v) is 4.58. The van der Waals surface area contributed by atoms with E-state index in [4.69, 9.17) is 46.1 Å². The molecule has 15 heavy (non-hydrogen) atoms. The third-order valence-corrected chi connectivity index (χ3v) is 2.80. The zero-order valence-corrected chi connectivity index (χ0v) is 10.3. The number of halogens is 2. The Kier molecular flexibility index (Phi) is 7.52. The van der Waals surface area contributed by atoms with E-state index >= 15 is 0 Å². The van der Waals surface area contributed by atoms with E-state index in [2.05, 4.69) is 0 Å². The quantitative estimate of drug-likeness (QED) is 0.304. The van der Waals surface area contributed by atoms with Gasteiger partial charge in [-0.25, -0.2) is 0 Å². The number of allylic oxidation sites excluding steroid dienone is 1. The average Bonchev–Trinajstić information content (AvgIpc) is 2.13. The normalized spacial score (nSPS) is 15.5. The van der Waals surface area contributed by atoms with Gasteiger partial charge in [-0.2, -0.15) is 0 Å². The Labute approximate surface area is 101 Å². The number of alkyl halides is 1. The van der Waals surface area contributed by atoms with Crippen LogP contribution < -0.4 is 22.9 Å². The average molecular weight is 255 g/mol. The van der Waals surface area contributed by atoms with Crippen LogP contribution in [0, 0.1) is 5.92 Å². The molecule has 8 N–H and O–H groups in total. The number of rotatable bonds is 7. The Balaban J connectivity index is 4.36. The molecule has 0 spiro atoms. The van der Waals surface area contributed by atoms with Crippen molar-refractivity contribution in [3.8, 4) is 0 Å². The van der Waals surface area contributed by atoms with Crippen LogP contribution >= 0.6 is 23.2 Å². The lowest BCUT2D eigenvalue weighted by molar-refractivity contribution is 0.528. The molecule has 1 atom stereocenters. The van der Waals surface area contributed by atoms with E-state index in [1.807, 2.05) is 0 Å². The molecule has 0 saturated heterocycles. The first-order valence-electron chi connectivity index (χ1n) is 4.96. The Morgan fingerprint density at radius 3 is 2.20 bits per heavy atom. The molecule has 0 heterocycles. The van der Waals surface area contributed by atoms with Gasteiger partial charge in [-0.1, -0.05) is 29.3 Å². The van der Waals surface area contributed by atoms with Crippen LogP contribution in [-0.4, -0.2) is 18.2 Å². The minimum atomic E-state index is -1.49. The van der Waals surface area contributed by atoms with Gasteiger partial charge in [0.15, 0.2) is 5.12 Å². The molecule has 0 aromatic rings. The van der Waals surface area contributed by atoms with Crippen LogP contribution in [0.5, 0.6) is 0 Å². The summed E-state index contributed by atoms with van der Waals surface area (Å²) in [7, 11) is 0. The van der Waals surface area contributed by atoms with Gasteiger partial charge >= 0.3 is 0 Å². The highest BCUT2D eigenvalue weighted by molar-refractivity contribution is 6.38. The molecule has 1 unspecified atom stereocenters. The zero-order chi connectivity index (χ0) is 11.9. The Bertz CT molecular complexity index is 201. The van der Waals surface area contributed by atoms with Crippen molar-refractivity contribution in [3.63, 3.8) is 0 Å². The van der Waals surface area contributed by atoms with Gasteiger partial charge in [-0.3, -0.25) is 11.5 Å². The van der Waals surface area contributed by atoms with Crippen molar-refractivity contribution in [3.05, 3.63) is 11.1 Å². The predicted octanol–water partition coefficient (Wildman–Crippen LogP) is 0.623. The molecule has 6 heteroatoms. The van der Waals surface area contributed by atoms with Crippen LogP contribution in [0.2, 0.25) is 0 Å². The fraction of sp³-hybridized carbons (Fsp3) is 0.778. The van der Waals surface area contributed by atoms with Crippen LogP contribution in [0.15, 0.2) is 11.1 Å². The molecular formula is C9H20Cl2N4. The maximum atomic E-state index is 5.87. The molecule has 0 bridgehead atoms. The molecular weight excluding hydrogens is 235 g/mol. The van der Waals surface area contributed by atoms with Crippen LogP contribution in [0.1, 0.15) is 19.3 Å². The maximum absolute atomic E-state index is 5.87. The van der Waals surface area contributed by atoms with Crippen molar-refractivity contribution in [1.82, 2.24) is 0 Å². The molecule has 0 aliphatic carbocycles. The summed E-state index contributed by atoms with van der Waals surface area (Å²) < 4.78 is 0. The molecule has 90 valence electrons. The number of nitrogens with two attached hydrogens (primary N) is 4. The third-order valence-electron chi connectivity index (χ3n) is 2.06. The van der Waals surface area contributed by atoms with Gasteiger partial charge in [-0.05, 0) is 38.3 Å². The monoisotopic (exact) mass is 254 g/mol. The van der Waals surface area contributed by atoms with E-state index in [1.54, 1.807) is 6.08 Å². The molecule has 4 nitrogen and oxygen atoms in total. The topological polar surface area (TPSA) is 104 Å². The molecule has 0 aliphatic heterocycles. The number of hydrogen-bond acceptors (Lipinski definition) is 4. The molecule has 0 aliphatic rings. The fourth-order valence-electron chi connectivity index (χ4n) is 1.24. The maximum Gasteiger partial charge on any atom is 0.178 e. The van der Waals surface area contributed by atoms with Gasteiger partial charge in [-0.15, -0.1) is 0 Å². The lowest BCUT2D eigenvalue weighted by Gasteiger charge is -2.18. The fourth-order valence-corrected chi connectivity index (χ4v) is 1.48. The van der Waals surface area contributed by atoms with Crippen LogP contribution in [-0.2, 0) is 0 Å². The van der Waals surface area contributed by atoms with Crippen molar-refractivity contribution in [2.45, 2.75) is 24.4 Å². The summed E-state index contributed by atoms with van der Waals surface area (Å²) in [6.45, 7) is 1.23. The first-order chi connectivity index (χ1) is 6.91. The Morgan fingerprint density at radius 2 is 1.80 bits per heavy atom. The zero-order valence-electron chi connectivity index (χ0n) is 8.76. The summed E-state index contributed by atoms with van der Waals surface area (Å²) >= 11 is 11.5. The minimum absolute atomic E-state index is 0.233. The van der Waals surface area contributed by atoms with Crippen molar-refractivity contribution in [1.29, 1.82) is 0 Å². The van der Waals surface area contributed by atoms with Crippen LogP contribution in [0.25, 0.3) is 0 Å². The van der Waals surface area contributed by atoms with Crippen molar-refractivity contribution in [2.75, 3.05) is 13.1 Å². The van der Waals surface area contributed by atoms with E-state index in [-0.39, 0.29) is 11.0 Å². The summed E-state index contributed by atoms with van der Waals surface area (Å²) in [5.74, 6) is 0.233. The van der Waals surface area contributed by atoms with Crippen LogP contribution in [0.4, 0.5) is 0 Å². The van der Waals surface area contributed by atoms with Gasteiger partial charge in [0.2, 0.25) is 0 Å². The summed E-state index contributed by atoms with van der Waals surface area (Å²) in [5, 5.41) is -1.24. The van der Waals surface area contributed by atoms with E-state index in [1.165, 1.54) is 0 Å². The first kappa shape index (κ1) is 15.2. The van der Waals surface area contributed by atoms with Crippen molar-refractivity contribution in [2.24, 2.45) is 28.9 Å². The Hall–Kier alpha value is 0.160. The van der Waals surface area contributed by atoms with Gasteiger partial charge in [0, 0.05) is 0 Å². The molecule has 0 fully saturated rings. The standard InChI is InChI=1S/C9H20Cl2N4/c10-8(9(11,14)15)6-7(3-5-13)2-1-4-12/h6-7H,1-5,12-15H2. The Morgan fingerprint density at radius 1 is 1.20 bits per heavy atom. The number of hydrogen-bond donors (Lipinski definition) is 4. The second-order valence-electron chi connectivity index (χ2n) is 3.55. The lowest BCUT2D eigenvalue weighted by Crippen LogP contribution is -2.43. The van der Waals surface area contributed by atoms with Gasteiger partial charge < -0.3 is 11.5 Å². The van der Waals surface area contributed by atoms with E-state index in [0.717, 1.165) is 19.3 Å². The van der Waals surface area contributed by atoms with Crippen LogP contribution in [0.3, 0.4) is 0 Å². The SMILES string of the molecule is NCCCC(C=C(Cl)C(N)(N)Cl)CCN. The smallest absolute Gasteiger partial charge is 0.178 e. The van der Waals surface area contributed by atoms with Gasteiger partial charge in [0.05, 0.1) is 5.03 Å². The van der Waals surface area contributed by atoms with Gasteiger partial charge in [0.1, 0.15) is 0 Å². The molecule has 0 amide bonds. The molecule has 0 aromatic carbocycles. The predicted molar refractivity (Wildman–Crippen MR) is 66.3 cm³/mol. The molecule has 0 radical (unpaired) electrons. The summed E-state index contributed by atoms with van der Waals surface area (Å²) in [6.07, 6.45) is 4.42. The van der Waals surface area contributed by atoms with E-state index in [0.29, 0.717) is 13.1 Å². The summed E-state index contributed by atoms with van der Waals surface area (Å²) in [5.41, 5.74) is 21.8. The van der Waals surface area contributed by atoms with E-state index < -0.39 is 5.12 Å². The largest absolute Gasteiger partial charge is 0.330 e. The second kappa shape index (κ2) is 7.44. The third kappa shape index (κ3) is 7.11. The molecule has 0 aromatic heterocycles. The molecule has 0 saturated carbocycles. The minimum Gasteiger partial charge on any atom is -0.330 e. The highest BCUT2D eigenvalue weighted by Gasteiger charge is 2.20. The highest BCUT2D eigenvalue weighted by Crippen LogP contribution is 2.22.